The fourth-order valence-electron chi connectivity index (χ4n) is 2.66. The van der Waals surface area contributed by atoms with E-state index >= 15 is 0 Å². The van der Waals surface area contributed by atoms with Crippen molar-refractivity contribution in [2.24, 2.45) is 0 Å². The average molecular weight is 369 g/mol. The van der Waals surface area contributed by atoms with Gasteiger partial charge in [-0.05, 0) is 42.0 Å². The minimum atomic E-state index is -0.619. The van der Waals surface area contributed by atoms with E-state index in [1.165, 1.54) is 38.5 Å². The van der Waals surface area contributed by atoms with Crippen LogP contribution in [0, 0.1) is 11.3 Å². The molecule has 0 aromatic heterocycles. The highest BCUT2D eigenvalue weighted by molar-refractivity contribution is 6.60. The number of carbonyl (C=O) groups is 2. The van der Waals surface area contributed by atoms with E-state index in [1.807, 2.05) is 6.07 Å². The van der Waals surface area contributed by atoms with Crippen molar-refractivity contribution in [1.82, 2.24) is 0 Å². The number of imide groups is 1. The summed E-state index contributed by atoms with van der Waals surface area (Å²) in [5, 5.41) is 8.70. The van der Waals surface area contributed by atoms with Crippen molar-refractivity contribution >= 4 is 34.7 Å². The maximum atomic E-state index is 12.9. The van der Waals surface area contributed by atoms with Crippen molar-refractivity contribution in [3.8, 4) is 17.6 Å². The molecular formula is C19H13ClN2O4. The molecular weight excluding hydrogens is 356 g/mol. The van der Waals surface area contributed by atoms with Crippen molar-refractivity contribution < 1.29 is 19.1 Å². The van der Waals surface area contributed by atoms with Gasteiger partial charge in [0.15, 0.2) is 11.5 Å². The molecule has 26 heavy (non-hydrogen) atoms. The Morgan fingerprint density at radius 1 is 0.962 bits per heavy atom. The van der Waals surface area contributed by atoms with Crippen LogP contribution in [-0.4, -0.2) is 26.0 Å². The van der Waals surface area contributed by atoms with Crippen LogP contribution in [0.1, 0.15) is 11.1 Å². The number of rotatable bonds is 4. The summed E-state index contributed by atoms with van der Waals surface area (Å²) in [7, 11) is 2.98. The Morgan fingerprint density at radius 2 is 1.62 bits per heavy atom. The molecule has 0 fully saturated rings. The summed E-state index contributed by atoms with van der Waals surface area (Å²) in [4.78, 5) is 26.4. The molecule has 0 saturated heterocycles. The summed E-state index contributed by atoms with van der Waals surface area (Å²) < 4.78 is 10.4. The van der Waals surface area contributed by atoms with Crippen LogP contribution in [-0.2, 0) is 9.59 Å². The number of hydrogen-bond acceptors (Lipinski definition) is 5. The Balaban J connectivity index is 2.02. The first kappa shape index (κ1) is 17.5. The number of benzene rings is 2. The van der Waals surface area contributed by atoms with Crippen molar-refractivity contribution in [3.05, 3.63) is 58.6 Å². The van der Waals surface area contributed by atoms with Crippen LogP contribution < -0.4 is 14.4 Å². The number of amides is 2. The van der Waals surface area contributed by atoms with Crippen LogP contribution in [0.25, 0.3) is 5.57 Å². The van der Waals surface area contributed by atoms with E-state index in [0.717, 1.165) is 4.90 Å². The van der Waals surface area contributed by atoms with Crippen LogP contribution in [0.2, 0.25) is 0 Å². The lowest BCUT2D eigenvalue weighted by Crippen LogP contribution is -2.31. The number of halogens is 1. The van der Waals surface area contributed by atoms with Crippen LogP contribution >= 0.6 is 11.6 Å². The van der Waals surface area contributed by atoms with Gasteiger partial charge >= 0.3 is 0 Å². The lowest BCUT2D eigenvalue weighted by Gasteiger charge is -2.15. The standard InChI is InChI=1S/C19H13ClN2O4/c1-25-14-8-5-12(9-15(14)26-2)16-17(20)19(24)22(18(16)23)13-6-3-11(10-21)4-7-13/h3-9H,1-2H3. The minimum absolute atomic E-state index is 0.0852. The fourth-order valence-corrected chi connectivity index (χ4v) is 2.94. The number of hydrogen-bond donors (Lipinski definition) is 0. The van der Waals surface area contributed by atoms with Crippen molar-refractivity contribution in [2.45, 2.75) is 0 Å². The molecule has 0 saturated carbocycles. The van der Waals surface area contributed by atoms with E-state index in [-0.39, 0.29) is 10.6 Å². The average Bonchev–Trinajstić information content (AvgIpc) is 2.90. The fraction of sp³-hybridized carbons (Fsp3) is 0.105. The lowest BCUT2D eigenvalue weighted by atomic mass is 10.1. The SMILES string of the molecule is COc1ccc(C2=C(Cl)C(=O)N(c3ccc(C#N)cc3)C2=O)cc1OC. The Labute approximate surface area is 154 Å². The highest BCUT2D eigenvalue weighted by atomic mass is 35.5. The highest BCUT2D eigenvalue weighted by Gasteiger charge is 2.39. The molecule has 2 amide bonds. The normalized spacial score (nSPS) is 13.8. The molecule has 0 bridgehead atoms. The summed E-state index contributed by atoms with van der Waals surface area (Å²) in [5.41, 5.74) is 1.30. The third kappa shape index (κ3) is 2.79. The second-order valence-electron chi connectivity index (χ2n) is 5.36. The Bertz CT molecular complexity index is 974. The molecule has 2 aromatic carbocycles. The Morgan fingerprint density at radius 3 is 2.19 bits per heavy atom. The molecule has 1 heterocycles. The Hall–Kier alpha value is -3.30. The van der Waals surface area contributed by atoms with Gasteiger partial charge in [-0.15, -0.1) is 0 Å². The van der Waals surface area contributed by atoms with Crippen LogP contribution in [0.5, 0.6) is 11.5 Å². The molecule has 0 unspecified atom stereocenters. The summed E-state index contributed by atoms with van der Waals surface area (Å²) in [6, 6.07) is 12.9. The smallest absolute Gasteiger partial charge is 0.277 e. The van der Waals surface area contributed by atoms with E-state index < -0.39 is 11.8 Å². The van der Waals surface area contributed by atoms with Gasteiger partial charge in [0.25, 0.3) is 11.8 Å². The molecule has 0 atom stereocenters. The first-order valence-corrected chi connectivity index (χ1v) is 7.90. The molecule has 130 valence electrons. The minimum Gasteiger partial charge on any atom is -0.493 e. The summed E-state index contributed by atoms with van der Waals surface area (Å²) in [5.74, 6) is -0.254. The van der Waals surface area contributed by atoms with E-state index in [2.05, 4.69) is 0 Å². The first-order chi connectivity index (χ1) is 12.5. The molecule has 3 rings (SSSR count). The number of nitrogens with zero attached hydrogens (tertiary/aromatic N) is 2. The van der Waals surface area contributed by atoms with Gasteiger partial charge in [0.05, 0.1) is 37.1 Å². The maximum Gasteiger partial charge on any atom is 0.277 e. The van der Waals surface area contributed by atoms with Gasteiger partial charge in [0.1, 0.15) is 5.03 Å². The van der Waals surface area contributed by atoms with Gasteiger partial charge in [-0.25, -0.2) is 4.90 Å². The van der Waals surface area contributed by atoms with Gasteiger partial charge in [-0.3, -0.25) is 9.59 Å². The first-order valence-electron chi connectivity index (χ1n) is 7.53. The predicted octanol–water partition coefficient (Wildman–Crippen LogP) is 3.10. The van der Waals surface area contributed by atoms with Gasteiger partial charge in [0.2, 0.25) is 0 Å². The van der Waals surface area contributed by atoms with Crippen molar-refractivity contribution in [1.29, 1.82) is 5.26 Å². The summed E-state index contributed by atoms with van der Waals surface area (Å²) in [6.45, 7) is 0. The third-order valence-electron chi connectivity index (χ3n) is 3.95. The number of carbonyl (C=O) groups excluding carboxylic acids is 2. The van der Waals surface area contributed by atoms with Gasteiger partial charge in [-0.1, -0.05) is 17.7 Å². The van der Waals surface area contributed by atoms with E-state index in [0.29, 0.717) is 28.3 Å². The number of ether oxygens (including phenoxy) is 2. The third-order valence-corrected chi connectivity index (χ3v) is 4.30. The zero-order chi connectivity index (χ0) is 18.8. The van der Waals surface area contributed by atoms with E-state index in [4.69, 9.17) is 26.3 Å². The number of methoxy groups -OCH3 is 2. The molecule has 1 aliphatic rings. The lowest BCUT2D eigenvalue weighted by molar-refractivity contribution is -0.119. The Kier molecular flexibility index (Phi) is 4.65. The molecule has 0 N–H and O–H groups in total. The predicted molar refractivity (Wildman–Crippen MR) is 96.0 cm³/mol. The molecule has 2 aromatic rings. The van der Waals surface area contributed by atoms with Gasteiger partial charge < -0.3 is 9.47 Å². The highest BCUT2D eigenvalue weighted by Crippen LogP contribution is 2.38. The quantitative estimate of drug-likeness (QED) is 0.775. The second-order valence-corrected chi connectivity index (χ2v) is 5.74. The summed E-state index contributed by atoms with van der Waals surface area (Å²) in [6.07, 6.45) is 0. The number of anilines is 1. The molecule has 6 nitrogen and oxygen atoms in total. The van der Waals surface area contributed by atoms with E-state index in [9.17, 15) is 9.59 Å². The van der Waals surface area contributed by atoms with Crippen LogP contribution in [0.3, 0.4) is 0 Å². The van der Waals surface area contributed by atoms with Gasteiger partial charge in [-0.2, -0.15) is 5.26 Å². The van der Waals surface area contributed by atoms with E-state index in [1.54, 1.807) is 18.2 Å². The zero-order valence-corrected chi connectivity index (χ0v) is 14.7. The summed E-state index contributed by atoms with van der Waals surface area (Å²) >= 11 is 6.17. The van der Waals surface area contributed by atoms with Crippen LogP contribution in [0.15, 0.2) is 47.5 Å². The number of nitriles is 1. The molecule has 0 aliphatic carbocycles. The topological polar surface area (TPSA) is 79.6 Å². The molecule has 0 spiro atoms. The molecule has 7 heteroatoms. The van der Waals surface area contributed by atoms with Crippen molar-refractivity contribution in [2.75, 3.05) is 19.1 Å². The second kappa shape index (κ2) is 6.90. The largest absolute Gasteiger partial charge is 0.493 e. The zero-order valence-electron chi connectivity index (χ0n) is 13.9. The monoisotopic (exact) mass is 368 g/mol. The molecule has 1 aliphatic heterocycles. The van der Waals surface area contributed by atoms with Crippen LogP contribution in [0.4, 0.5) is 5.69 Å². The maximum absolute atomic E-state index is 12.9. The van der Waals surface area contributed by atoms with Crippen molar-refractivity contribution in [3.63, 3.8) is 0 Å². The van der Waals surface area contributed by atoms with Gasteiger partial charge in [0, 0.05) is 0 Å². The molecule has 0 radical (unpaired) electrons.